The Morgan fingerprint density at radius 1 is 1.50 bits per heavy atom. The lowest BCUT2D eigenvalue weighted by molar-refractivity contribution is -0.145. The summed E-state index contributed by atoms with van der Waals surface area (Å²) in [4.78, 5) is 12.1. The third-order valence-electron chi connectivity index (χ3n) is 2.47. The Hall–Kier alpha value is -0.910. The van der Waals surface area contributed by atoms with Crippen molar-refractivity contribution >= 4 is 17.3 Å². The molecule has 1 aromatic rings. The molecule has 1 rings (SSSR count). The summed E-state index contributed by atoms with van der Waals surface area (Å²) in [6.45, 7) is 1.91. The van der Waals surface area contributed by atoms with E-state index in [9.17, 15) is 9.90 Å². The Bertz CT molecular complexity index is 344. The van der Waals surface area contributed by atoms with E-state index in [-0.39, 0.29) is 0 Å². The van der Waals surface area contributed by atoms with E-state index in [1.165, 1.54) is 25.6 Å². The molecule has 0 bridgehead atoms. The lowest BCUT2D eigenvalue weighted by atomic mass is 10.0. The minimum atomic E-state index is -0.843. The van der Waals surface area contributed by atoms with Gasteiger partial charge < -0.3 is 14.6 Å². The van der Waals surface area contributed by atoms with Crippen LogP contribution in [0.2, 0.25) is 0 Å². The zero-order chi connectivity index (χ0) is 12.1. The van der Waals surface area contributed by atoms with Crippen molar-refractivity contribution in [2.75, 3.05) is 14.2 Å². The average Bonchev–Trinajstić information content (AvgIpc) is 2.66. The normalized spacial score (nSPS) is 13.0. The highest BCUT2D eigenvalue weighted by molar-refractivity contribution is 7.10. The van der Waals surface area contributed by atoms with Gasteiger partial charge in [0.15, 0.2) is 6.29 Å². The lowest BCUT2D eigenvalue weighted by Crippen LogP contribution is -2.22. The molecule has 1 unspecified atom stereocenters. The molecule has 90 valence electrons. The molecule has 1 aromatic heterocycles. The first kappa shape index (κ1) is 13.2. The van der Waals surface area contributed by atoms with Crippen LogP contribution in [0.1, 0.15) is 22.8 Å². The quantitative estimate of drug-likeness (QED) is 0.780. The molecule has 4 nitrogen and oxygen atoms in total. The van der Waals surface area contributed by atoms with E-state index in [0.29, 0.717) is 6.42 Å². The van der Waals surface area contributed by atoms with Gasteiger partial charge in [-0.2, -0.15) is 0 Å². The third-order valence-corrected chi connectivity index (χ3v) is 3.60. The second kappa shape index (κ2) is 5.98. The van der Waals surface area contributed by atoms with Crippen LogP contribution in [-0.4, -0.2) is 31.6 Å². The average molecular weight is 244 g/mol. The molecular formula is C11H16O4S. The summed E-state index contributed by atoms with van der Waals surface area (Å²) in [5.41, 5.74) is 1.00. The number of rotatable bonds is 6. The molecule has 1 N–H and O–H groups in total. The monoisotopic (exact) mass is 244 g/mol. The van der Waals surface area contributed by atoms with Gasteiger partial charge in [-0.15, -0.1) is 11.3 Å². The number of ether oxygens (including phenoxy) is 2. The largest absolute Gasteiger partial charge is 0.481 e. The Labute approximate surface area is 98.8 Å². The molecule has 0 fully saturated rings. The lowest BCUT2D eigenvalue weighted by Gasteiger charge is -2.18. The maximum absolute atomic E-state index is 11.2. The number of hydrogen-bond acceptors (Lipinski definition) is 4. The van der Waals surface area contributed by atoms with E-state index in [1.807, 2.05) is 18.4 Å². The SMILES string of the molecule is COC(CC(C(=O)O)c1sccc1C)OC. The first-order chi connectivity index (χ1) is 7.60. The number of aryl methyl sites for hydroxylation is 1. The third kappa shape index (κ3) is 3.04. The molecule has 0 saturated heterocycles. The van der Waals surface area contributed by atoms with Gasteiger partial charge in [0.2, 0.25) is 0 Å². The first-order valence-corrected chi connectivity index (χ1v) is 5.80. The number of carboxylic acid groups (broad SMARTS) is 1. The van der Waals surface area contributed by atoms with Gasteiger partial charge in [-0.1, -0.05) is 0 Å². The van der Waals surface area contributed by atoms with Crippen molar-refractivity contribution in [3.8, 4) is 0 Å². The van der Waals surface area contributed by atoms with E-state index in [0.717, 1.165) is 10.4 Å². The number of carboxylic acids is 1. The second-order valence-corrected chi connectivity index (χ2v) is 4.44. The fourth-order valence-electron chi connectivity index (χ4n) is 1.54. The van der Waals surface area contributed by atoms with Crippen molar-refractivity contribution in [3.63, 3.8) is 0 Å². The van der Waals surface area contributed by atoms with Crippen molar-refractivity contribution in [1.29, 1.82) is 0 Å². The van der Waals surface area contributed by atoms with Crippen LogP contribution < -0.4 is 0 Å². The maximum atomic E-state index is 11.2. The Morgan fingerprint density at radius 3 is 2.50 bits per heavy atom. The molecule has 0 spiro atoms. The van der Waals surface area contributed by atoms with Crippen LogP contribution in [0.3, 0.4) is 0 Å². The highest BCUT2D eigenvalue weighted by Gasteiger charge is 2.26. The topological polar surface area (TPSA) is 55.8 Å². The second-order valence-electron chi connectivity index (χ2n) is 3.50. The van der Waals surface area contributed by atoms with Crippen molar-refractivity contribution in [3.05, 3.63) is 21.9 Å². The summed E-state index contributed by atoms with van der Waals surface area (Å²) in [6.07, 6.45) is -0.161. The van der Waals surface area contributed by atoms with Gasteiger partial charge in [0, 0.05) is 25.5 Å². The van der Waals surface area contributed by atoms with Gasteiger partial charge in [-0.05, 0) is 23.9 Å². The van der Waals surface area contributed by atoms with Gasteiger partial charge in [0.1, 0.15) is 0 Å². The van der Waals surface area contributed by atoms with Crippen LogP contribution in [0.5, 0.6) is 0 Å². The number of methoxy groups -OCH3 is 2. The van der Waals surface area contributed by atoms with Crippen LogP contribution in [-0.2, 0) is 14.3 Å². The van der Waals surface area contributed by atoms with Crippen LogP contribution in [0.15, 0.2) is 11.4 Å². The van der Waals surface area contributed by atoms with Gasteiger partial charge >= 0.3 is 5.97 Å². The van der Waals surface area contributed by atoms with Crippen LogP contribution in [0.25, 0.3) is 0 Å². The molecule has 0 aromatic carbocycles. The highest BCUT2D eigenvalue weighted by Crippen LogP contribution is 2.30. The summed E-state index contributed by atoms with van der Waals surface area (Å²) in [6, 6.07) is 1.92. The molecule has 0 aliphatic rings. The Kier molecular flexibility index (Phi) is 4.92. The molecule has 0 saturated carbocycles. The molecule has 0 amide bonds. The predicted molar refractivity (Wildman–Crippen MR) is 61.9 cm³/mol. The molecule has 1 heterocycles. The Balaban J connectivity index is 2.84. The minimum absolute atomic E-state index is 0.323. The highest BCUT2D eigenvalue weighted by atomic mass is 32.1. The molecule has 0 aliphatic carbocycles. The minimum Gasteiger partial charge on any atom is -0.481 e. The zero-order valence-corrected chi connectivity index (χ0v) is 10.4. The van der Waals surface area contributed by atoms with Gasteiger partial charge in [-0.3, -0.25) is 4.79 Å². The fourth-order valence-corrected chi connectivity index (χ4v) is 2.58. The summed E-state index contributed by atoms with van der Waals surface area (Å²) in [7, 11) is 3.02. The van der Waals surface area contributed by atoms with Gasteiger partial charge in [0.05, 0.1) is 5.92 Å². The summed E-state index contributed by atoms with van der Waals surface area (Å²) in [5.74, 6) is -1.41. The number of hydrogen-bond donors (Lipinski definition) is 1. The van der Waals surface area contributed by atoms with Crippen molar-refractivity contribution in [2.45, 2.75) is 25.6 Å². The van der Waals surface area contributed by atoms with Gasteiger partial charge in [0.25, 0.3) is 0 Å². The molecule has 1 atom stereocenters. The smallest absolute Gasteiger partial charge is 0.312 e. The first-order valence-electron chi connectivity index (χ1n) is 4.92. The molecule has 5 heteroatoms. The zero-order valence-electron chi connectivity index (χ0n) is 9.60. The van der Waals surface area contributed by atoms with E-state index in [2.05, 4.69) is 0 Å². The van der Waals surface area contributed by atoms with Crippen LogP contribution in [0.4, 0.5) is 0 Å². The molecule has 0 aliphatic heterocycles. The fraction of sp³-hybridized carbons (Fsp3) is 0.545. The van der Waals surface area contributed by atoms with Crippen molar-refractivity contribution < 1.29 is 19.4 Å². The van der Waals surface area contributed by atoms with Crippen molar-refractivity contribution in [1.82, 2.24) is 0 Å². The van der Waals surface area contributed by atoms with E-state index in [1.54, 1.807) is 0 Å². The standard InChI is InChI=1S/C11H16O4S/c1-7-4-5-16-10(7)8(11(12)13)6-9(14-2)15-3/h4-5,8-9H,6H2,1-3H3,(H,12,13). The summed E-state index contributed by atoms with van der Waals surface area (Å²) in [5, 5.41) is 11.1. The molecular weight excluding hydrogens is 228 g/mol. The van der Waals surface area contributed by atoms with E-state index >= 15 is 0 Å². The predicted octanol–water partition coefficient (Wildman–Crippen LogP) is 2.23. The number of carbonyl (C=O) groups is 1. The summed E-state index contributed by atoms with van der Waals surface area (Å²) >= 11 is 1.46. The van der Waals surface area contributed by atoms with Crippen LogP contribution >= 0.6 is 11.3 Å². The maximum Gasteiger partial charge on any atom is 0.312 e. The number of thiophene rings is 1. The molecule has 16 heavy (non-hydrogen) atoms. The van der Waals surface area contributed by atoms with Crippen LogP contribution in [0, 0.1) is 6.92 Å². The van der Waals surface area contributed by atoms with Gasteiger partial charge in [-0.25, -0.2) is 0 Å². The Morgan fingerprint density at radius 2 is 2.12 bits per heavy atom. The number of aliphatic carboxylic acids is 1. The van der Waals surface area contributed by atoms with E-state index in [4.69, 9.17) is 9.47 Å². The van der Waals surface area contributed by atoms with Crippen molar-refractivity contribution in [2.24, 2.45) is 0 Å². The molecule has 0 radical (unpaired) electrons. The van der Waals surface area contributed by atoms with E-state index < -0.39 is 18.2 Å². The summed E-state index contributed by atoms with van der Waals surface area (Å²) < 4.78 is 10.1.